The Hall–Kier alpha value is -9.89. The molecule has 0 radical (unpaired) electrons. The second-order valence-electron chi connectivity index (χ2n) is 22.1. The fraction of sp³-hybridized carbons (Fsp3) is 0.116. The Labute approximate surface area is 536 Å². The van der Waals surface area contributed by atoms with Gasteiger partial charge in [-0.1, -0.05) is 129 Å². The molecule has 9 aromatic carbocycles. The highest BCUT2D eigenvalue weighted by atomic mass is 32.2. The van der Waals surface area contributed by atoms with Gasteiger partial charge >= 0.3 is 12.4 Å². The summed E-state index contributed by atoms with van der Waals surface area (Å²) in [5, 5.41) is 16.0. The van der Waals surface area contributed by atoms with Gasteiger partial charge in [0.15, 0.2) is 0 Å². The summed E-state index contributed by atoms with van der Waals surface area (Å²) in [6, 6.07) is 50.6. The van der Waals surface area contributed by atoms with E-state index < -0.39 is 59.4 Å². The molecule has 0 aliphatic heterocycles. The van der Waals surface area contributed by atoms with Crippen LogP contribution >= 0.6 is 0 Å². The van der Waals surface area contributed by atoms with E-state index in [0.717, 1.165) is 83.2 Å². The van der Waals surface area contributed by atoms with E-state index in [1.807, 2.05) is 28.8 Å². The summed E-state index contributed by atoms with van der Waals surface area (Å²) >= 11 is 0. The number of alkyl halides is 6. The molecule has 12 aromatic rings. The average Bonchev–Trinajstić information content (AvgIpc) is 1.50. The first kappa shape index (κ1) is 67.0. The number of imidazole rings is 3. The van der Waals surface area contributed by atoms with Gasteiger partial charge in [0, 0.05) is 30.2 Å². The largest absolute Gasteiger partial charge is 0.416 e. The van der Waals surface area contributed by atoms with E-state index >= 15 is 0 Å². The number of sulfonamides is 3. The van der Waals surface area contributed by atoms with Crippen LogP contribution in [0.4, 0.5) is 30.7 Å². The number of aromatic nitrogens is 6. The molecule has 0 amide bonds. The number of rotatable bonds is 14. The Morgan fingerprint density at radius 3 is 1.47 bits per heavy atom. The summed E-state index contributed by atoms with van der Waals surface area (Å²) < 4.78 is 163. The lowest BCUT2D eigenvalue weighted by Gasteiger charge is -2.08. The van der Waals surface area contributed by atoms with E-state index in [9.17, 15) is 56.0 Å². The number of nitrogens with zero attached hydrogens (tertiary/aromatic N) is 4. The molecule has 0 saturated carbocycles. The van der Waals surface area contributed by atoms with Gasteiger partial charge < -0.3 is 14.5 Å². The van der Waals surface area contributed by atoms with Crippen molar-refractivity contribution >= 4 is 87.5 Å². The van der Waals surface area contributed by atoms with Crippen LogP contribution in [-0.4, -0.2) is 54.7 Å². The van der Waals surface area contributed by atoms with E-state index in [1.54, 1.807) is 98.1 Å². The molecule has 94 heavy (non-hydrogen) atoms. The summed E-state index contributed by atoms with van der Waals surface area (Å²) in [5.74, 6) is 1.86. The van der Waals surface area contributed by atoms with Crippen LogP contribution in [0.1, 0.15) is 70.6 Å². The van der Waals surface area contributed by atoms with Gasteiger partial charge in [0.05, 0.1) is 58.9 Å². The van der Waals surface area contributed by atoms with E-state index in [1.165, 1.54) is 47.5 Å². The predicted octanol–water partition coefficient (Wildman–Crippen LogP) is 15.1. The number of benzene rings is 9. The minimum atomic E-state index is -4.40. The smallest absolute Gasteiger partial charge is 0.342 e. The third kappa shape index (κ3) is 16.1. The Balaban J connectivity index is 0.000000154. The summed E-state index contributed by atoms with van der Waals surface area (Å²) in [7, 11) is -9.97. The third-order valence-corrected chi connectivity index (χ3v) is 18.1. The first-order chi connectivity index (χ1) is 44.3. The van der Waals surface area contributed by atoms with Crippen LogP contribution in [0.5, 0.6) is 0 Å². The zero-order valence-corrected chi connectivity index (χ0v) is 52.6. The Kier molecular flexibility index (Phi) is 19.2. The zero-order chi connectivity index (χ0) is 67.5. The van der Waals surface area contributed by atoms with E-state index in [-0.39, 0.29) is 20.2 Å². The van der Waals surface area contributed by atoms with Crippen LogP contribution in [0.3, 0.4) is 0 Å². The van der Waals surface area contributed by atoms with Gasteiger partial charge in [-0.2, -0.15) is 26.3 Å². The highest BCUT2D eigenvalue weighted by Gasteiger charge is 2.31. The second kappa shape index (κ2) is 27.0. The monoisotopic (exact) mass is 1340 g/mol. The molecule has 0 aliphatic rings. The number of aromatic amines is 2. The highest BCUT2D eigenvalue weighted by Crippen LogP contribution is 2.35. The average molecular weight is 1340 g/mol. The van der Waals surface area contributed by atoms with Crippen molar-refractivity contribution in [3.8, 4) is 33.4 Å². The quantitative estimate of drug-likeness (QED) is 0.0648. The van der Waals surface area contributed by atoms with Crippen LogP contribution < -0.4 is 15.4 Å². The molecule has 482 valence electrons. The van der Waals surface area contributed by atoms with Crippen LogP contribution in [-0.2, 0) is 62.3 Å². The van der Waals surface area contributed by atoms with Gasteiger partial charge in [-0.15, -0.1) is 0 Å². The number of aryl methyl sites for hydroxylation is 3. The lowest BCUT2D eigenvalue weighted by Crippen LogP contribution is -2.13. The molecule has 3 heterocycles. The fourth-order valence-electron chi connectivity index (χ4n) is 10.3. The molecule has 0 bridgehead atoms. The molecule has 15 nitrogen and oxygen atoms in total. The Bertz CT molecular complexity index is 5200. The lowest BCUT2D eigenvalue weighted by molar-refractivity contribution is -0.138. The number of halogens is 7. The van der Waals surface area contributed by atoms with Gasteiger partial charge in [-0.05, 0) is 154 Å². The van der Waals surface area contributed by atoms with Crippen molar-refractivity contribution in [1.29, 1.82) is 0 Å². The van der Waals surface area contributed by atoms with E-state index in [2.05, 4.69) is 63.0 Å². The standard InChI is InChI=1S/C24H25N3O2S.C23H18F3N3O2S.C22H15F4N3O2S/c1-16(2)18-10-7-17(8-11-18)9-14-24-26-21-13-12-19(15-22(21)27-24)20-5-3-4-6-23(20)30(25,28)29;1-29-20-14-16(18-4-2-3-5-21(18)32(27,30)31)9-12-19(20)28-22(29)13-8-15-6-10-17(11-7-15)23(24,25)26;23-16-7-9-20(32(27,30)31)17(12-16)14-4-8-18-19(11-14)29-21(28-18)10-3-13-1-5-15(6-2-13)22(24,25)26/h3-8,10-13,15-16H,9,14H2,1-2H3,(H,26,27)(H2,25,28,29);2-14H,1H3,(H2,27,30,31);1-12H,(H,28,29)(H2,27,30,31)/b;13-8+;10-3+. The lowest BCUT2D eigenvalue weighted by atomic mass is 10.0. The van der Waals surface area contributed by atoms with E-state index in [0.29, 0.717) is 67.5 Å². The van der Waals surface area contributed by atoms with Gasteiger partial charge in [0.1, 0.15) is 23.3 Å². The maximum Gasteiger partial charge on any atom is 0.416 e. The maximum absolute atomic E-state index is 13.8. The van der Waals surface area contributed by atoms with E-state index in [4.69, 9.17) is 15.4 Å². The molecule has 0 saturated heterocycles. The number of hydrogen-bond acceptors (Lipinski definition) is 9. The highest BCUT2D eigenvalue weighted by molar-refractivity contribution is 7.89. The first-order valence-corrected chi connectivity index (χ1v) is 33.3. The Morgan fingerprint density at radius 1 is 0.479 bits per heavy atom. The van der Waals surface area contributed by atoms with Gasteiger partial charge in [-0.25, -0.2) is 60.0 Å². The van der Waals surface area contributed by atoms with Crippen molar-refractivity contribution in [3.05, 3.63) is 251 Å². The number of hydrogen-bond donors (Lipinski definition) is 5. The molecular formula is C69H58F7N9O6S3. The first-order valence-electron chi connectivity index (χ1n) is 28.7. The second-order valence-corrected chi connectivity index (χ2v) is 26.7. The SMILES string of the molecule is CC(C)c1ccc(CCc2nc3ccc(-c4ccccc4S(N)(=O)=O)cc3[nH]2)cc1.Cn1c(/C=C/c2ccc(C(F)(F)F)cc2)nc2ccc(-c3ccccc3S(N)(=O)=O)cc21.NS(=O)(=O)c1ccc(F)cc1-c1ccc2nc(/C=C/c3ccc(C(F)(F)F)cc3)[nH]c2c1. The molecule has 0 fully saturated rings. The van der Waals surface area contributed by atoms with Crippen molar-refractivity contribution in [2.45, 2.75) is 59.6 Å². The van der Waals surface area contributed by atoms with Crippen molar-refractivity contribution in [2.24, 2.45) is 22.5 Å². The molecule has 8 N–H and O–H groups in total. The van der Waals surface area contributed by atoms with Crippen molar-refractivity contribution in [2.75, 3.05) is 0 Å². The van der Waals surface area contributed by atoms with Gasteiger partial charge in [0.25, 0.3) is 0 Å². The summed E-state index contributed by atoms with van der Waals surface area (Å²) in [5.41, 5.74) is 9.71. The predicted molar refractivity (Wildman–Crippen MR) is 352 cm³/mol. The van der Waals surface area contributed by atoms with Gasteiger partial charge in [0.2, 0.25) is 30.1 Å². The number of fused-ring (bicyclic) bond motifs is 3. The molecular weight excluding hydrogens is 1280 g/mol. The topological polar surface area (TPSA) is 256 Å². The molecule has 25 heteroatoms. The van der Waals surface area contributed by atoms with Crippen LogP contribution in [0.15, 0.2) is 209 Å². The fourth-order valence-corrected chi connectivity index (χ4v) is 12.5. The molecule has 0 unspecified atom stereocenters. The van der Waals surface area contributed by atoms with Crippen molar-refractivity contribution in [3.63, 3.8) is 0 Å². The van der Waals surface area contributed by atoms with Crippen LogP contribution in [0.2, 0.25) is 0 Å². The Morgan fingerprint density at radius 2 is 0.947 bits per heavy atom. The minimum absolute atomic E-state index is 0.0314. The number of nitrogens with one attached hydrogen (secondary N) is 2. The van der Waals surface area contributed by atoms with Crippen LogP contribution in [0, 0.1) is 5.82 Å². The number of H-pyrrole nitrogens is 2. The maximum atomic E-state index is 13.8. The normalized spacial score (nSPS) is 12.4. The summed E-state index contributed by atoms with van der Waals surface area (Å²) in [4.78, 5) is 19.9. The van der Waals surface area contributed by atoms with Gasteiger partial charge in [-0.3, -0.25) is 0 Å². The summed E-state index contributed by atoms with van der Waals surface area (Å²) in [6.07, 6.45) is -0.482. The molecule has 0 atom stereocenters. The van der Waals surface area contributed by atoms with Crippen LogP contribution in [0.25, 0.3) is 90.8 Å². The van der Waals surface area contributed by atoms with Crippen molar-refractivity contribution < 1.29 is 56.0 Å². The third-order valence-electron chi connectivity index (χ3n) is 15.1. The molecule has 12 rings (SSSR count). The number of primary sulfonamides is 3. The molecule has 3 aromatic heterocycles. The zero-order valence-electron chi connectivity index (χ0n) is 50.1. The number of nitrogens with two attached hydrogens (primary N) is 3. The minimum Gasteiger partial charge on any atom is -0.342 e. The summed E-state index contributed by atoms with van der Waals surface area (Å²) in [6.45, 7) is 4.39. The van der Waals surface area contributed by atoms with Crippen molar-refractivity contribution in [1.82, 2.24) is 29.5 Å². The molecule has 0 spiro atoms. The molecule has 0 aliphatic carbocycles.